The molecule has 0 aromatic carbocycles. The Kier molecular flexibility index (Phi) is 7.69. The van der Waals surface area contributed by atoms with Gasteiger partial charge in [0.25, 0.3) is 0 Å². The highest BCUT2D eigenvalue weighted by Gasteiger charge is 2.09. The Labute approximate surface area is 81.3 Å². The third-order valence-electron chi connectivity index (χ3n) is 2.09. The molecule has 0 unspecified atom stereocenters. The van der Waals surface area contributed by atoms with Crippen LogP contribution >= 0.6 is 0 Å². The number of rotatable bonds is 7. The van der Waals surface area contributed by atoms with Gasteiger partial charge in [0.2, 0.25) is 5.91 Å². The molecule has 0 aliphatic heterocycles. The maximum atomic E-state index is 11.3. The molecule has 0 saturated carbocycles. The zero-order valence-electron chi connectivity index (χ0n) is 8.88. The molecule has 0 fully saturated rings. The quantitative estimate of drug-likeness (QED) is 0.653. The summed E-state index contributed by atoms with van der Waals surface area (Å²) in [6.45, 7) is 6.14. The molecule has 0 aliphatic rings. The number of amides is 1. The minimum atomic E-state index is 0.0851. The van der Waals surface area contributed by atoms with E-state index in [4.69, 9.17) is 5.73 Å². The molecule has 3 nitrogen and oxygen atoms in total. The van der Waals surface area contributed by atoms with Crippen molar-refractivity contribution in [1.29, 1.82) is 0 Å². The number of carbonyl (C=O) groups is 1. The number of nitrogens with zero attached hydrogens (tertiary/aromatic N) is 1. The van der Waals surface area contributed by atoms with E-state index in [1.807, 2.05) is 4.90 Å². The van der Waals surface area contributed by atoms with Crippen molar-refractivity contribution in [3.63, 3.8) is 0 Å². The minimum absolute atomic E-state index is 0.0851. The second kappa shape index (κ2) is 8.05. The van der Waals surface area contributed by atoms with Crippen LogP contribution in [0.5, 0.6) is 0 Å². The third-order valence-corrected chi connectivity index (χ3v) is 2.09. The number of unbranched alkanes of at least 4 members (excludes halogenated alkanes) is 2. The summed E-state index contributed by atoms with van der Waals surface area (Å²) in [7, 11) is 0. The zero-order chi connectivity index (χ0) is 10.1. The van der Waals surface area contributed by atoms with E-state index in [-0.39, 0.29) is 12.5 Å². The highest BCUT2D eigenvalue weighted by molar-refractivity contribution is 5.77. The molecule has 13 heavy (non-hydrogen) atoms. The highest BCUT2D eigenvalue weighted by atomic mass is 16.2. The molecule has 3 heteroatoms. The first kappa shape index (κ1) is 12.4. The Bertz CT molecular complexity index is 129. The first-order valence-electron chi connectivity index (χ1n) is 5.24. The first-order valence-corrected chi connectivity index (χ1v) is 5.24. The van der Waals surface area contributed by atoms with Crippen molar-refractivity contribution in [1.82, 2.24) is 4.90 Å². The van der Waals surface area contributed by atoms with E-state index in [1.165, 1.54) is 0 Å². The first-order chi connectivity index (χ1) is 6.26. The van der Waals surface area contributed by atoms with Gasteiger partial charge in [-0.1, -0.05) is 26.7 Å². The Morgan fingerprint density at radius 2 is 1.62 bits per heavy atom. The summed E-state index contributed by atoms with van der Waals surface area (Å²) in [6.07, 6.45) is 4.41. The number of hydrogen-bond acceptors (Lipinski definition) is 2. The second-order valence-corrected chi connectivity index (χ2v) is 3.29. The number of hydrogen-bond donors (Lipinski definition) is 1. The summed E-state index contributed by atoms with van der Waals surface area (Å²) in [5.41, 5.74) is 5.33. The van der Waals surface area contributed by atoms with Crippen molar-refractivity contribution in [2.75, 3.05) is 19.6 Å². The van der Waals surface area contributed by atoms with Gasteiger partial charge in [0.05, 0.1) is 6.54 Å². The Morgan fingerprint density at radius 1 is 1.15 bits per heavy atom. The van der Waals surface area contributed by atoms with Crippen LogP contribution in [-0.2, 0) is 4.79 Å². The summed E-state index contributed by atoms with van der Waals surface area (Å²) >= 11 is 0. The van der Waals surface area contributed by atoms with Crippen LogP contribution in [0.4, 0.5) is 0 Å². The molecule has 78 valence electrons. The van der Waals surface area contributed by atoms with Gasteiger partial charge in [-0.25, -0.2) is 0 Å². The average Bonchev–Trinajstić information content (AvgIpc) is 2.17. The number of carbonyl (C=O) groups excluding carboxylic acids is 1. The summed E-state index contributed by atoms with van der Waals surface area (Å²) in [5.74, 6) is 0.0851. The Balaban J connectivity index is 3.79. The van der Waals surface area contributed by atoms with Crippen molar-refractivity contribution >= 4 is 5.91 Å². The van der Waals surface area contributed by atoms with Crippen molar-refractivity contribution in [3.8, 4) is 0 Å². The molecule has 0 saturated heterocycles. The third kappa shape index (κ3) is 5.64. The fourth-order valence-corrected chi connectivity index (χ4v) is 1.19. The lowest BCUT2D eigenvalue weighted by atomic mass is 10.2. The molecule has 0 radical (unpaired) electrons. The topological polar surface area (TPSA) is 46.3 Å². The Morgan fingerprint density at radius 3 is 1.92 bits per heavy atom. The van der Waals surface area contributed by atoms with Gasteiger partial charge in [-0.05, 0) is 12.8 Å². The van der Waals surface area contributed by atoms with Gasteiger partial charge in [0.15, 0.2) is 0 Å². The predicted molar refractivity (Wildman–Crippen MR) is 55.5 cm³/mol. The van der Waals surface area contributed by atoms with Crippen LogP contribution < -0.4 is 5.73 Å². The molecular formula is C10H22N2O. The van der Waals surface area contributed by atoms with Crippen LogP contribution in [0.2, 0.25) is 0 Å². The summed E-state index contributed by atoms with van der Waals surface area (Å²) in [5, 5.41) is 0. The average molecular weight is 186 g/mol. The molecule has 0 aliphatic carbocycles. The molecule has 0 rings (SSSR count). The van der Waals surface area contributed by atoms with Gasteiger partial charge in [0, 0.05) is 13.1 Å². The van der Waals surface area contributed by atoms with Crippen LogP contribution in [0.25, 0.3) is 0 Å². The van der Waals surface area contributed by atoms with Crippen LogP contribution in [0.3, 0.4) is 0 Å². The molecule has 0 aromatic heterocycles. The second-order valence-electron chi connectivity index (χ2n) is 3.29. The zero-order valence-corrected chi connectivity index (χ0v) is 8.88. The minimum Gasteiger partial charge on any atom is -0.342 e. The van der Waals surface area contributed by atoms with E-state index in [0.29, 0.717) is 0 Å². The SMILES string of the molecule is CCCCN(CCCC)C(=O)CN. The maximum Gasteiger partial charge on any atom is 0.236 e. The lowest BCUT2D eigenvalue weighted by molar-refractivity contribution is -0.129. The lowest BCUT2D eigenvalue weighted by Gasteiger charge is -2.21. The molecule has 1 amide bonds. The summed E-state index contributed by atoms with van der Waals surface area (Å²) in [4.78, 5) is 13.2. The standard InChI is InChI=1S/C10H22N2O/c1-3-5-7-12(8-6-4-2)10(13)9-11/h3-9,11H2,1-2H3. The smallest absolute Gasteiger partial charge is 0.236 e. The Hall–Kier alpha value is -0.570. The van der Waals surface area contributed by atoms with Gasteiger partial charge >= 0.3 is 0 Å². The lowest BCUT2D eigenvalue weighted by Crippen LogP contribution is -2.37. The largest absolute Gasteiger partial charge is 0.342 e. The normalized spacial score (nSPS) is 10.1. The molecule has 0 aromatic rings. The molecule has 2 N–H and O–H groups in total. The molecular weight excluding hydrogens is 164 g/mol. The van der Waals surface area contributed by atoms with E-state index in [9.17, 15) is 4.79 Å². The van der Waals surface area contributed by atoms with Gasteiger partial charge in [0.1, 0.15) is 0 Å². The van der Waals surface area contributed by atoms with E-state index >= 15 is 0 Å². The van der Waals surface area contributed by atoms with Crippen molar-refractivity contribution in [2.24, 2.45) is 5.73 Å². The molecule has 0 atom stereocenters. The molecule has 0 spiro atoms. The predicted octanol–water partition coefficient (Wildman–Crippen LogP) is 1.37. The molecule has 0 heterocycles. The van der Waals surface area contributed by atoms with Crippen LogP contribution in [-0.4, -0.2) is 30.4 Å². The van der Waals surface area contributed by atoms with Crippen molar-refractivity contribution < 1.29 is 4.79 Å². The van der Waals surface area contributed by atoms with Gasteiger partial charge < -0.3 is 10.6 Å². The van der Waals surface area contributed by atoms with E-state index in [1.54, 1.807) is 0 Å². The van der Waals surface area contributed by atoms with Gasteiger partial charge in [-0.15, -0.1) is 0 Å². The monoisotopic (exact) mass is 186 g/mol. The van der Waals surface area contributed by atoms with Crippen molar-refractivity contribution in [3.05, 3.63) is 0 Å². The molecule has 0 bridgehead atoms. The highest BCUT2D eigenvalue weighted by Crippen LogP contribution is 1.99. The van der Waals surface area contributed by atoms with E-state index in [0.717, 1.165) is 38.8 Å². The fraction of sp³-hybridized carbons (Fsp3) is 0.900. The van der Waals surface area contributed by atoms with E-state index < -0.39 is 0 Å². The van der Waals surface area contributed by atoms with Crippen molar-refractivity contribution in [2.45, 2.75) is 39.5 Å². The fourth-order valence-electron chi connectivity index (χ4n) is 1.19. The number of nitrogens with two attached hydrogens (primary N) is 1. The van der Waals surface area contributed by atoms with Gasteiger partial charge in [-0.3, -0.25) is 4.79 Å². The van der Waals surface area contributed by atoms with Gasteiger partial charge in [-0.2, -0.15) is 0 Å². The van der Waals surface area contributed by atoms with Crippen LogP contribution in [0.1, 0.15) is 39.5 Å². The summed E-state index contributed by atoms with van der Waals surface area (Å²) < 4.78 is 0. The summed E-state index contributed by atoms with van der Waals surface area (Å²) in [6, 6.07) is 0. The van der Waals surface area contributed by atoms with Crippen LogP contribution in [0, 0.1) is 0 Å². The van der Waals surface area contributed by atoms with Crippen LogP contribution in [0.15, 0.2) is 0 Å². The maximum absolute atomic E-state index is 11.3. The van der Waals surface area contributed by atoms with E-state index in [2.05, 4.69) is 13.8 Å².